The maximum Gasteiger partial charge on any atom is 0.257 e. The summed E-state index contributed by atoms with van der Waals surface area (Å²) in [7, 11) is 0. The molecule has 0 N–H and O–H groups in total. The molecule has 1 unspecified atom stereocenters. The number of aromatic nitrogens is 2. The molecule has 1 aliphatic rings. The highest BCUT2D eigenvalue weighted by molar-refractivity contribution is 9.10. The Balaban J connectivity index is 1.54. The van der Waals surface area contributed by atoms with Crippen molar-refractivity contribution in [2.45, 2.75) is 25.5 Å². The van der Waals surface area contributed by atoms with Crippen LogP contribution in [0.3, 0.4) is 0 Å². The van der Waals surface area contributed by atoms with Crippen molar-refractivity contribution in [3.63, 3.8) is 0 Å². The van der Waals surface area contributed by atoms with E-state index in [0.717, 1.165) is 29.6 Å². The van der Waals surface area contributed by atoms with Gasteiger partial charge in [0.15, 0.2) is 0 Å². The summed E-state index contributed by atoms with van der Waals surface area (Å²) in [5, 5.41) is 6.41. The molecule has 27 heavy (non-hydrogen) atoms. The van der Waals surface area contributed by atoms with Crippen LogP contribution in [0.2, 0.25) is 0 Å². The second-order valence-corrected chi connectivity index (χ2v) is 8.50. The fourth-order valence-corrected chi connectivity index (χ4v) is 4.18. The smallest absolute Gasteiger partial charge is 0.257 e. The number of carbonyl (C=O) groups excluding carboxylic acids is 1. The van der Waals surface area contributed by atoms with Crippen LogP contribution in [0.25, 0.3) is 5.69 Å². The Morgan fingerprint density at radius 1 is 1.33 bits per heavy atom. The van der Waals surface area contributed by atoms with Crippen LogP contribution in [0.15, 0.2) is 58.6 Å². The summed E-state index contributed by atoms with van der Waals surface area (Å²) >= 11 is 5.10. The van der Waals surface area contributed by atoms with Crippen LogP contribution < -0.4 is 0 Å². The Hall–Kier alpha value is -1.96. The highest BCUT2D eigenvalue weighted by atomic mass is 79.9. The van der Waals surface area contributed by atoms with E-state index in [1.165, 1.54) is 4.88 Å². The molecule has 1 aliphatic heterocycles. The highest BCUT2D eigenvalue weighted by Gasteiger charge is 2.24. The van der Waals surface area contributed by atoms with Crippen LogP contribution in [0.4, 0.5) is 0 Å². The molecule has 7 heteroatoms. The molecule has 3 heterocycles. The first-order valence-electron chi connectivity index (χ1n) is 8.93. The van der Waals surface area contributed by atoms with E-state index >= 15 is 0 Å². The molecule has 4 rings (SSSR count). The van der Waals surface area contributed by atoms with E-state index < -0.39 is 0 Å². The molecule has 1 aromatic carbocycles. The van der Waals surface area contributed by atoms with Gasteiger partial charge in [0.1, 0.15) is 0 Å². The third-order valence-electron chi connectivity index (χ3n) is 4.58. The van der Waals surface area contributed by atoms with Gasteiger partial charge in [0.2, 0.25) is 0 Å². The molecule has 1 fully saturated rings. The number of nitrogens with zero attached hydrogens (tertiary/aromatic N) is 3. The molecule has 140 valence electrons. The highest BCUT2D eigenvalue weighted by Crippen LogP contribution is 2.20. The van der Waals surface area contributed by atoms with Gasteiger partial charge in [-0.05, 0) is 48.6 Å². The SMILES string of the molecule is O=C(c1cnn(-c2ccc(Br)cc2)c1)N(Cc1cccs1)CC1CCCO1. The van der Waals surface area contributed by atoms with Gasteiger partial charge in [-0.3, -0.25) is 4.79 Å². The van der Waals surface area contributed by atoms with Gasteiger partial charge in [-0.1, -0.05) is 22.0 Å². The van der Waals surface area contributed by atoms with Gasteiger partial charge in [0.05, 0.1) is 30.1 Å². The zero-order valence-electron chi connectivity index (χ0n) is 14.8. The zero-order valence-corrected chi connectivity index (χ0v) is 17.2. The van der Waals surface area contributed by atoms with E-state index in [4.69, 9.17) is 4.74 Å². The molecule has 3 aromatic rings. The molecular formula is C20H20BrN3O2S. The summed E-state index contributed by atoms with van der Waals surface area (Å²) in [5.74, 6) is -0.0118. The van der Waals surface area contributed by atoms with Crippen LogP contribution in [0, 0.1) is 0 Å². The Labute approximate surface area is 170 Å². The third kappa shape index (κ3) is 4.48. The number of carbonyl (C=O) groups is 1. The first-order chi connectivity index (χ1) is 13.2. The molecule has 0 aliphatic carbocycles. The summed E-state index contributed by atoms with van der Waals surface area (Å²) in [5.41, 5.74) is 1.51. The Kier molecular flexibility index (Phi) is 5.71. The maximum absolute atomic E-state index is 13.2. The quantitative estimate of drug-likeness (QED) is 0.560. The zero-order chi connectivity index (χ0) is 18.6. The average molecular weight is 446 g/mol. The van der Waals surface area contributed by atoms with Gasteiger partial charge < -0.3 is 9.64 Å². The van der Waals surface area contributed by atoms with Crippen molar-refractivity contribution in [1.82, 2.24) is 14.7 Å². The summed E-state index contributed by atoms with van der Waals surface area (Å²) in [6, 6.07) is 11.9. The minimum atomic E-state index is -0.0118. The number of amides is 1. The van der Waals surface area contributed by atoms with E-state index in [0.29, 0.717) is 18.7 Å². The predicted molar refractivity (Wildman–Crippen MR) is 109 cm³/mol. The van der Waals surface area contributed by atoms with Crippen molar-refractivity contribution in [3.05, 3.63) is 69.1 Å². The van der Waals surface area contributed by atoms with Crippen molar-refractivity contribution >= 4 is 33.2 Å². The lowest BCUT2D eigenvalue weighted by molar-refractivity contribution is 0.0509. The van der Waals surface area contributed by atoms with E-state index in [2.05, 4.69) is 27.1 Å². The topological polar surface area (TPSA) is 47.4 Å². The van der Waals surface area contributed by atoms with Crippen molar-refractivity contribution in [1.29, 1.82) is 0 Å². The van der Waals surface area contributed by atoms with Gasteiger partial charge in [0.25, 0.3) is 5.91 Å². The summed E-state index contributed by atoms with van der Waals surface area (Å²) in [6.07, 6.45) is 5.62. The average Bonchev–Trinajstić information content (AvgIpc) is 3.44. The molecule has 1 amide bonds. The molecule has 0 radical (unpaired) electrons. The fraction of sp³-hybridized carbons (Fsp3) is 0.300. The fourth-order valence-electron chi connectivity index (χ4n) is 3.19. The molecule has 0 bridgehead atoms. The molecule has 1 saturated heterocycles. The van der Waals surface area contributed by atoms with Crippen LogP contribution in [-0.2, 0) is 11.3 Å². The summed E-state index contributed by atoms with van der Waals surface area (Å²) < 4.78 is 8.50. The van der Waals surface area contributed by atoms with Crippen molar-refractivity contribution in [2.75, 3.05) is 13.2 Å². The first-order valence-corrected chi connectivity index (χ1v) is 10.6. The molecular weight excluding hydrogens is 426 g/mol. The lowest BCUT2D eigenvalue weighted by Gasteiger charge is -2.24. The van der Waals surface area contributed by atoms with Crippen LogP contribution in [0.5, 0.6) is 0 Å². The van der Waals surface area contributed by atoms with Crippen molar-refractivity contribution in [2.24, 2.45) is 0 Å². The standard InChI is InChI=1S/C20H20BrN3O2S/c21-16-5-7-17(8-6-16)24-12-15(11-22-24)20(25)23(13-18-3-1-9-26-18)14-19-4-2-10-27-19/h2,4-8,10-12,18H,1,3,9,13-14H2. The first kappa shape index (κ1) is 18.4. The predicted octanol–water partition coefficient (Wildman–Crippen LogP) is 4.52. The van der Waals surface area contributed by atoms with Crippen LogP contribution in [-0.4, -0.2) is 39.8 Å². The lowest BCUT2D eigenvalue weighted by atomic mass is 10.2. The van der Waals surface area contributed by atoms with E-state index in [1.807, 2.05) is 40.6 Å². The number of hydrogen-bond donors (Lipinski definition) is 0. The number of rotatable bonds is 6. The Bertz CT molecular complexity index is 886. The second kappa shape index (κ2) is 8.37. The maximum atomic E-state index is 13.2. The van der Waals surface area contributed by atoms with Crippen molar-refractivity contribution in [3.8, 4) is 5.69 Å². The van der Waals surface area contributed by atoms with Crippen LogP contribution in [0.1, 0.15) is 28.1 Å². The number of ether oxygens (including phenoxy) is 1. The largest absolute Gasteiger partial charge is 0.376 e. The number of halogens is 1. The number of hydrogen-bond acceptors (Lipinski definition) is 4. The van der Waals surface area contributed by atoms with Gasteiger partial charge in [-0.2, -0.15) is 5.10 Å². The van der Waals surface area contributed by atoms with Crippen LogP contribution >= 0.6 is 27.3 Å². The molecule has 2 aromatic heterocycles. The van der Waals surface area contributed by atoms with Gasteiger partial charge in [-0.25, -0.2) is 4.68 Å². The monoisotopic (exact) mass is 445 g/mol. The Morgan fingerprint density at radius 2 is 2.19 bits per heavy atom. The third-order valence-corrected chi connectivity index (χ3v) is 5.97. The van der Waals surface area contributed by atoms with E-state index in [1.54, 1.807) is 28.4 Å². The number of benzene rings is 1. The van der Waals surface area contributed by atoms with E-state index in [9.17, 15) is 4.79 Å². The lowest BCUT2D eigenvalue weighted by Crippen LogP contribution is -2.36. The summed E-state index contributed by atoms with van der Waals surface area (Å²) in [6.45, 7) is 1.99. The number of thiophene rings is 1. The van der Waals surface area contributed by atoms with E-state index in [-0.39, 0.29) is 12.0 Å². The minimum Gasteiger partial charge on any atom is -0.376 e. The van der Waals surface area contributed by atoms with Crippen molar-refractivity contribution < 1.29 is 9.53 Å². The molecule has 0 saturated carbocycles. The Morgan fingerprint density at radius 3 is 2.89 bits per heavy atom. The normalized spacial score (nSPS) is 16.6. The van der Waals surface area contributed by atoms with Gasteiger partial charge in [0, 0.05) is 28.7 Å². The van der Waals surface area contributed by atoms with Gasteiger partial charge >= 0.3 is 0 Å². The van der Waals surface area contributed by atoms with Gasteiger partial charge in [-0.15, -0.1) is 11.3 Å². The molecule has 0 spiro atoms. The summed E-state index contributed by atoms with van der Waals surface area (Å²) in [4.78, 5) is 16.2. The second-order valence-electron chi connectivity index (χ2n) is 6.55. The molecule has 5 nitrogen and oxygen atoms in total. The molecule has 1 atom stereocenters. The minimum absolute atomic E-state index is 0.0118.